The van der Waals surface area contributed by atoms with Crippen LogP contribution in [0.5, 0.6) is 0 Å². The highest BCUT2D eigenvalue weighted by atomic mass is 16.5. The van der Waals surface area contributed by atoms with Crippen molar-refractivity contribution in [2.75, 3.05) is 0 Å². The van der Waals surface area contributed by atoms with Gasteiger partial charge in [0, 0.05) is 6.54 Å². The molecule has 1 aliphatic carbocycles. The van der Waals surface area contributed by atoms with Crippen molar-refractivity contribution in [3.05, 3.63) is 35.9 Å². The lowest BCUT2D eigenvalue weighted by Gasteiger charge is -2.23. The Morgan fingerprint density at radius 3 is 2.63 bits per heavy atom. The minimum atomic E-state index is -0.248. The molecule has 0 unspecified atom stereocenters. The summed E-state index contributed by atoms with van der Waals surface area (Å²) in [6, 6.07) is 9.84. The van der Waals surface area contributed by atoms with Crippen LogP contribution >= 0.6 is 0 Å². The summed E-state index contributed by atoms with van der Waals surface area (Å²) in [5, 5.41) is 3.21. The van der Waals surface area contributed by atoms with Crippen LogP contribution in [0.4, 0.5) is 0 Å². The van der Waals surface area contributed by atoms with E-state index in [1.807, 2.05) is 37.3 Å². The zero-order chi connectivity index (χ0) is 13.5. The molecule has 0 amide bonds. The van der Waals surface area contributed by atoms with Crippen molar-refractivity contribution in [3.8, 4) is 0 Å². The summed E-state index contributed by atoms with van der Waals surface area (Å²) >= 11 is 0. The molecule has 0 heterocycles. The molecule has 0 aromatic heterocycles. The number of benzene rings is 1. The van der Waals surface area contributed by atoms with E-state index >= 15 is 0 Å². The molecular weight excluding hydrogens is 238 g/mol. The number of carbonyl (C=O) groups excluding carboxylic acids is 1. The Kier molecular flexibility index (Phi) is 5.40. The molecule has 1 aromatic carbocycles. The summed E-state index contributed by atoms with van der Waals surface area (Å²) in [5.41, 5.74) is 1.18. The average Bonchev–Trinajstić information content (AvgIpc) is 2.47. The second-order valence-electron chi connectivity index (χ2n) is 5.29. The van der Waals surface area contributed by atoms with E-state index in [-0.39, 0.29) is 18.1 Å². The molecule has 1 saturated carbocycles. The van der Waals surface area contributed by atoms with E-state index < -0.39 is 0 Å². The van der Waals surface area contributed by atoms with E-state index in [0.29, 0.717) is 6.54 Å². The summed E-state index contributed by atoms with van der Waals surface area (Å²) in [4.78, 5) is 11.9. The van der Waals surface area contributed by atoms with E-state index in [1.165, 1.54) is 24.8 Å². The first-order chi connectivity index (χ1) is 9.25. The third kappa shape index (κ3) is 4.67. The highest BCUT2D eigenvalue weighted by Crippen LogP contribution is 2.20. The highest BCUT2D eigenvalue weighted by Gasteiger charge is 2.21. The predicted molar refractivity (Wildman–Crippen MR) is 75.7 cm³/mol. The molecule has 19 heavy (non-hydrogen) atoms. The van der Waals surface area contributed by atoms with Gasteiger partial charge in [0.25, 0.3) is 0 Å². The molecule has 1 aromatic rings. The lowest BCUT2D eigenvalue weighted by molar-refractivity contribution is -0.152. The van der Waals surface area contributed by atoms with Gasteiger partial charge in [-0.25, -0.2) is 0 Å². The Bertz CT molecular complexity index is 385. The second kappa shape index (κ2) is 7.29. The molecule has 0 bridgehead atoms. The SMILES string of the molecule is C[C@H](NCc1ccccc1)C(=O)OC1CCCCC1. The fourth-order valence-corrected chi connectivity index (χ4v) is 2.40. The third-order valence-electron chi connectivity index (χ3n) is 3.64. The largest absolute Gasteiger partial charge is 0.461 e. The lowest BCUT2D eigenvalue weighted by atomic mass is 9.98. The van der Waals surface area contributed by atoms with Crippen LogP contribution in [0.15, 0.2) is 30.3 Å². The van der Waals surface area contributed by atoms with Crippen molar-refractivity contribution >= 4 is 5.97 Å². The smallest absolute Gasteiger partial charge is 0.323 e. The number of ether oxygens (including phenoxy) is 1. The number of hydrogen-bond donors (Lipinski definition) is 1. The van der Waals surface area contributed by atoms with Crippen LogP contribution in [0.3, 0.4) is 0 Å². The van der Waals surface area contributed by atoms with Crippen LogP contribution < -0.4 is 5.32 Å². The molecule has 1 N–H and O–H groups in total. The van der Waals surface area contributed by atoms with Gasteiger partial charge in [0.2, 0.25) is 0 Å². The van der Waals surface area contributed by atoms with Gasteiger partial charge in [-0.3, -0.25) is 4.79 Å². The van der Waals surface area contributed by atoms with E-state index in [1.54, 1.807) is 0 Å². The molecule has 0 radical (unpaired) electrons. The standard InChI is InChI=1S/C16H23NO2/c1-13(17-12-14-8-4-2-5-9-14)16(18)19-15-10-6-3-7-11-15/h2,4-5,8-9,13,15,17H,3,6-7,10-12H2,1H3/t13-/m0/s1. The predicted octanol–water partition coefficient (Wildman–Crippen LogP) is 3.04. The average molecular weight is 261 g/mol. The molecule has 2 rings (SSSR count). The summed E-state index contributed by atoms with van der Waals surface area (Å²) in [6.07, 6.45) is 5.83. The monoisotopic (exact) mass is 261 g/mol. The van der Waals surface area contributed by atoms with Gasteiger partial charge in [-0.1, -0.05) is 36.8 Å². The minimum Gasteiger partial charge on any atom is -0.461 e. The summed E-state index contributed by atoms with van der Waals surface area (Å²) in [5.74, 6) is -0.122. The molecule has 0 saturated heterocycles. The van der Waals surface area contributed by atoms with Crippen LogP contribution in [-0.4, -0.2) is 18.1 Å². The summed E-state index contributed by atoms with van der Waals surface area (Å²) in [7, 11) is 0. The van der Waals surface area contributed by atoms with Crippen LogP contribution in [0.1, 0.15) is 44.6 Å². The minimum absolute atomic E-state index is 0.122. The fraction of sp³-hybridized carbons (Fsp3) is 0.562. The van der Waals surface area contributed by atoms with E-state index in [4.69, 9.17) is 4.74 Å². The maximum atomic E-state index is 11.9. The van der Waals surface area contributed by atoms with Crippen molar-refractivity contribution in [1.82, 2.24) is 5.32 Å². The number of hydrogen-bond acceptors (Lipinski definition) is 3. The molecule has 1 fully saturated rings. The van der Waals surface area contributed by atoms with Gasteiger partial charge in [0.15, 0.2) is 0 Å². The van der Waals surface area contributed by atoms with Crippen molar-refractivity contribution < 1.29 is 9.53 Å². The Morgan fingerprint density at radius 2 is 1.95 bits per heavy atom. The second-order valence-corrected chi connectivity index (χ2v) is 5.29. The van der Waals surface area contributed by atoms with Crippen LogP contribution in [0, 0.1) is 0 Å². The zero-order valence-electron chi connectivity index (χ0n) is 11.6. The first-order valence-corrected chi connectivity index (χ1v) is 7.23. The Labute approximate surface area is 115 Å². The van der Waals surface area contributed by atoms with Crippen molar-refractivity contribution in [3.63, 3.8) is 0 Å². The first kappa shape index (κ1) is 14.1. The molecule has 1 atom stereocenters. The number of nitrogens with one attached hydrogen (secondary N) is 1. The molecular formula is C16H23NO2. The summed E-state index contributed by atoms with van der Waals surface area (Å²) in [6.45, 7) is 2.57. The van der Waals surface area contributed by atoms with Gasteiger partial charge < -0.3 is 10.1 Å². The molecule has 0 aliphatic heterocycles. The molecule has 0 spiro atoms. The zero-order valence-corrected chi connectivity index (χ0v) is 11.6. The van der Waals surface area contributed by atoms with Crippen molar-refractivity contribution in [2.24, 2.45) is 0 Å². The van der Waals surface area contributed by atoms with Crippen LogP contribution in [0.2, 0.25) is 0 Å². The molecule has 3 heteroatoms. The Balaban J connectivity index is 1.72. The lowest BCUT2D eigenvalue weighted by Crippen LogP contribution is -2.37. The topological polar surface area (TPSA) is 38.3 Å². The summed E-state index contributed by atoms with van der Waals surface area (Å²) < 4.78 is 5.54. The van der Waals surface area contributed by atoms with Gasteiger partial charge >= 0.3 is 5.97 Å². The highest BCUT2D eigenvalue weighted by molar-refractivity contribution is 5.75. The molecule has 1 aliphatic rings. The van der Waals surface area contributed by atoms with Crippen molar-refractivity contribution in [2.45, 2.75) is 57.7 Å². The fourth-order valence-electron chi connectivity index (χ4n) is 2.40. The number of carbonyl (C=O) groups is 1. The van der Waals surface area contributed by atoms with E-state index in [0.717, 1.165) is 12.8 Å². The van der Waals surface area contributed by atoms with Gasteiger partial charge in [-0.2, -0.15) is 0 Å². The van der Waals surface area contributed by atoms with Crippen LogP contribution in [0.25, 0.3) is 0 Å². The number of rotatable bonds is 5. The normalized spacial score (nSPS) is 17.9. The third-order valence-corrected chi connectivity index (χ3v) is 3.64. The van der Waals surface area contributed by atoms with Gasteiger partial charge in [-0.15, -0.1) is 0 Å². The van der Waals surface area contributed by atoms with Crippen LogP contribution in [-0.2, 0) is 16.1 Å². The van der Waals surface area contributed by atoms with Gasteiger partial charge in [-0.05, 0) is 38.2 Å². The Hall–Kier alpha value is -1.35. The van der Waals surface area contributed by atoms with E-state index in [2.05, 4.69) is 5.32 Å². The Morgan fingerprint density at radius 1 is 1.26 bits per heavy atom. The molecule has 3 nitrogen and oxygen atoms in total. The van der Waals surface area contributed by atoms with E-state index in [9.17, 15) is 4.79 Å². The quantitative estimate of drug-likeness (QED) is 0.828. The molecule has 104 valence electrons. The van der Waals surface area contributed by atoms with Gasteiger partial charge in [0.05, 0.1) is 0 Å². The van der Waals surface area contributed by atoms with Crippen molar-refractivity contribution in [1.29, 1.82) is 0 Å². The maximum Gasteiger partial charge on any atom is 0.323 e. The number of esters is 1. The maximum absolute atomic E-state index is 11.9. The van der Waals surface area contributed by atoms with Gasteiger partial charge in [0.1, 0.15) is 12.1 Å². The first-order valence-electron chi connectivity index (χ1n) is 7.23.